The Morgan fingerprint density at radius 1 is 0.680 bits per heavy atom. The lowest BCUT2D eigenvalue weighted by Gasteiger charge is -2.47. The predicted molar refractivity (Wildman–Crippen MR) is 119 cm³/mol. The summed E-state index contributed by atoms with van der Waals surface area (Å²) in [7, 11) is -8.36. The van der Waals surface area contributed by atoms with E-state index in [1.807, 2.05) is 0 Å². The van der Waals surface area contributed by atoms with Crippen molar-refractivity contribution in [3.63, 3.8) is 0 Å². The second-order valence-corrected chi connectivity index (χ2v) is 27.3. The third-order valence-electron chi connectivity index (χ3n) is 4.08. The average Bonchev–Trinajstić information content (AvgIpc) is 2.75. The summed E-state index contributed by atoms with van der Waals surface area (Å²) >= 11 is 0. The number of hydrogen-bond acceptors (Lipinski definition) is 3. The van der Waals surface area contributed by atoms with E-state index in [1.165, 1.54) is 0 Å². The summed E-state index contributed by atoms with van der Waals surface area (Å²) in [6.07, 6.45) is 6.33. The van der Waals surface area contributed by atoms with Gasteiger partial charge in [-0.05, 0) is 83.6 Å². The van der Waals surface area contributed by atoms with E-state index in [1.54, 1.807) is 0 Å². The summed E-state index contributed by atoms with van der Waals surface area (Å²) < 4.78 is 20.7. The molecule has 1 aliphatic carbocycles. The molecule has 0 saturated heterocycles. The van der Waals surface area contributed by atoms with Gasteiger partial charge in [0.1, 0.15) is 0 Å². The van der Waals surface area contributed by atoms with Crippen molar-refractivity contribution in [1.29, 1.82) is 0 Å². The van der Waals surface area contributed by atoms with Gasteiger partial charge in [0.05, 0.1) is 0 Å². The minimum atomic E-state index is -2.84. The van der Waals surface area contributed by atoms with Gasteiger partial charge in [0.25, 0.3) is 0 Å². The Morgan fingerprint density at radius 3 is 1.36 bits per heavy atom. The third kappa shape index (κ3) is 7.40. The lowest BCUT2D eigenvalue weighted by atomic mass is 10.1. The molecule has 7 heteroatoms. The molecule has 0 heterocycles. The highest BCUT2D eigenvalue weighted by atomic mass is 28.5. The van der Waals surface area contributed by atoms with Crippen molar-refractivity contribution in [3.05, 3.63) is 25.3 Å². The number of hydrogen-bond donors (Lipinski definition) is 0. The topological polar surface area (TPSA) is 27.7 Å². The Balaban J connectivity index is 3.44. The van der Waals surface area contributed by atoms with Gasteiger partial charge in [-0.3, -0.25) is 0 Å². The van der Waals surface area contributed by atoms with Crippen LogP contribution in [0.1, 0.15) is 12.8 Å². The van der Waals surface area contributed by atoms with Crippen molar-refractivity contribution in [2.75, 3.05) is 0 Å². The van der Waals surface area contributed by atoms with Crippen LogP contribution < -0.4 is 0 Å². The molecule has 0 amide bonds. The fraction of sp³-hybridized carbons (Fsp3) is 0.778. The van der Waals surface area contributed by atoms with Crippen LogP contribution in [0.4, 0.5) is 0 Å². The van der Waals surface area contributed by atoms with E-state index in [-0.39, 0.29) is 0 Å². The van der Waals surface area contributed by atoms with Crippen LogP contribution in [0.2, 0.25) is 64.5 Å². The number of allylic oxidation sites excluding steroid dienone is 2. The van der Waals surface area contributed by atoms with Crippen molar-refractivity contribution in [3.8, 4) is 0 Å². The highest BCUT2D eigenvalue weighted by Crippen LogP contribution is 2.50. The molecule has 0 aromatic heterocycles. The van der Waals surface area contributed by atoms with Crippen molar-refractivity contribution in [2.24, 2.45) is 11.8 Å². The predicted octanol–water partition coefficient (Wildman–Crippen LogP) is 6.25. The first kappa shape index (κ1) is 23.3. The molecule has 0 aliphatic heterocycles. The maximum atomic E-state index is 6.91. The monoisotopic (exact) mass is 416 g/mol. The highest BCUT2D eigenvalue weighted by molar-refractivity contribution is 6.90. The van der Waals surface area contributed by atoms with E-state index < -0.39 is 33.8 Å². The van der Waals surface area contributed by atoms with Crippen molar-refractivity contribution in [1.82, 2.24) is 0 Å². The fourth-order valence-electron chi connectivity index (χ4n) is 3.54. The SMILES string of the molecule is C=CC1CC(C=C)C([Si](O[Si](C)(C)C)(O[Si](C)(C)C)O[Si](C)(C)C)C1. The highest BCUT2D eigenvalue weighted by Gasteiger charge is 2.59. The quantitative estimate of drug-likeness (QED) is 0.328. The van der Waals surface area contributed by atoms with Crippen LogP contribution in [0, 0.1) is 11.8 Å². The Bertz CT molecular complexity index is 433. The molecule has 3 atom stereocenters. The molecule has 0 bridgehead atoms. The summed E-state index contributed by atoms with van der Waals surface area (Å²) in [6.45, 7) is 28.4. The Hall–Kier alpha value is 0.228. The van der Waals surface area contributed by atoms with Crippen molar-refractivity contribution < 1.29 is 12.3 Å². The Kier molecular flexibility index (Phi) is 7.52. The minimum Gasteiger partial charge on any atom is -0.417 e. The largest absolute Gasteiger partial charge is 0.473 e. The van der Waals surface area contributed by atoms with Crippen LogP contribution in [-0.4, -0.2) is 33.8 Å². The molecule has 1 saturated carbocycles. The molecule has 1 rings (SSSR count). The maximum absolute atomic E-state index is 6.91. The molecule has 0 spiro atoms. The lowest BCUT2D eigenvalue weighted by Crippen LogP contribution is -2.63. The zero-order chi connectivity index (χ0) is 19.7. The van der Waals surface area contributed by atoms with Crippen LogP contribution in [0.15, 0.2) is 25.3 Å². The van der Waals surface area contributed by atoms with E-state index in [2.05, 4.69) is 84.2 Å². The Labute approximate surface area is 160 Å². The van der Waals surface area contributed by atoms with Gasteiger partial charge in [0.2, 0.25) is 0 Å². The zero-order valence-corrected chi connectivity index (χ0v) is 21.9. The minimum absolute atomic E-state index is 0.304. The lowest BCUT2D eigenvalue weighted by molar-refractivity contribution is 0.227. The van der Waals surface area contributed by atoms with Crippen LogP contribution in [0.3, 0.4) is 0 Å². The molecule has 0 aromatic carbocycles. The van der Waals surface area contributed by atoms with Gasteiger partial charge in [0, 0.05) is 5.54 Å². The average molecular weight is 417 g/mol. The molecule has 146 valence electrons. The zero-order valence-electron chi connectivity index (χ0n) is 17.9. The van der Waals surface area contributed by atoms with Gasteiger partial charge < -0.3 is 12.3 Å². The summed E-state index contributed by atoms with van der Waals surface area (Å²) in [5, 5.41) is 0. The molecule has 0 radical (unpaired) electrons. The standard InChI is InChI=1S/C18H40O3Si4/c1-12-16-14-17(13-2)18(15-16)25(19-22(3,4)5,20-23(6,7)8)21-24(9,10)11/h12-13,16-18H,1-2,14-15H2,3-11H3. The Morgan fingerprint density at radius 2 is 1.08 bits per heavy atom. The fourth-order valence-corrected chi connectivity index (χ4v) is 18.6. The van der Waals surface area contributed by atoms with Crippen LogP contribution in [0.5, 0.6) is 0 Å². The van der Waals surface area contributed by atoms with Crippen molar-refractivity contribution >= 4 is 33.8 Å². The second kappa shape index (κ2) is 8.08. The molecule has 1 aliphatic rings. The van der Waals surface area contributed by atoms with Crippen molar-refractivity contribution in [2.45, 2.75) is 77.3 Å². The van der Waals surface area contributed by atoms with Crippen LogP contribution in [0.25, 0.3) is 0 Å². The van der Waals surface area contributed by atoms with Gasteiger partial charge in [-0.25, -0.2) is 0 Å². The summed E-state index contributed by atoms with van der Waals surface area (Å²) in [4.78, 5) is 0. The maximum Gasteiger partial charge on any atom is 0.473 e. The molecular formula is C18H40O3Si4. The van der Waals surface area contributed by atoms with Gasteiger partial charge >= 0.3 is 8.80 Å². The van der Waals surface area contributed by atoms with E-state index in [0.29, 0.717) is 17.4 Å². The molecule has 0 aromatic rings. The first-order valence-electron chi connectivity index (χ1n) is 9.46. The van der Waals surface area contributed by atoms with Crippen LogP contribution in [-0.2, 0) is 12.3 Å². The van der Waals surface area contributed by atoms with E-state index in [4.69, 9.17) is 12.3 Å². The first-order chi connectivity index (χ1) is 11.1. The number of rotatable bonds is 9. The molecule has 3 unspecified atom stereocenters. The normalized spacial score (nSPS) is 25.9. The van der Waals surface area contributed by atoms with Gasteiger partial charge in [-0.2, -0.15) is 0 Å². The summed E-state index contributed by atoms with van der Waals surface area (Å²) in [5.74, 6) is 0.888. The smallest absolute Gasteiger partial charge is 0.417 e. The van der Waals surface area contributed by atoms with E-state index >= 15 is 0 Å². The van der Waals surface area contributed by atoms with Crippen LogP contribution >= 0.6 is 0 Å². The van der Waals surface area contributed by atoms with E-state index in [9.17, 15) is 0 Å². The van der Waals surface area contributed by atoms with E-state index in [0.717, 1.165) is 12.8 Å². The molecular weight excluding hydrogens is 377 g/mol. The molecule has 3 nitrogen and oxygen atoms in total. The summed E-state index contributed by atoms with van der Waals surface area (Å²) in [6, 6.07) is 0. The summed E-state index contributed by atoms with van der Waals surface area (Å²) in [5.41, 5.74) is 0.304. The second-order valence-electron chi connectivity index (χ2n) is 10.2. The molecule has 0 N–H and O–H groups in total. The molecule has 1 fully saturated rings. The molecule has 25 heavy (non-hydrogen) atoms. The first-order valence-corrected chi connectivity index (χ1v) is 21.5. The van der Waals surface area contributed by atoms with Gasteiger partial charge in [0.15, 0.2) is 25.0 Å². The third-order valence-corrected chi connectivity index (χ3v) is 16.4. The van der Waals surface area contributed by atoms with Gasteiger partial charge in [-0.15, -0.1) is 13.2 Å². The van der Waals surface area contributed by atoms with Gasteiger partial charge in [-0.1, -0.05) is 12.2 Å².